The Bertz CT molecular complexity index is 1490. The Labute approximate surface area is 207 Å². The van der Waals surface area contributed by atoms with Crippen LogP contribution in [0.3, 0.4) is 0 Å². The predicted octanol–water partition coefficient (Wildman–Crippen LogP) is 3.80. The van der Waals surface area contributed by atoms with Crippen molar-refractivity contribution in [2.45, 2.75) is 13.1 Å². The first-order valence-corrected chi connectivity index (χ1v) is 12.0. The summed E-state index contributed by atoms with van der Waals surface area (Å²) in [5.74, 6) is -0.411. The molecule has 3 aromatic carbocycles. The zero-order valence-electron chi connectivity index (χ0n) is 19.5. The number of hydrogen-bond donors (Lipinski definition) is 0. The molecule has 8 heteroatoms. The van der Waals surface area contributed by atoms with Gasteiger partial charge in [-0.25, -0.2) is 9.18 Å². The normalized spacial score (nSPS) is 14.5. The van der Waals surface area contributed by atoms with Gasteiger partial charge in [0.25, 0.3) is 5.56 Å². The Balaban J connectivity index is 1.76. The van der Waals surface area contributed by atoms with Gasteiger partial charge in [0.1, 0.15) is 5.82 Å². The number of halogens is 2. The summed E-state index contributed by atoms with van der Waals surface area (Å²) in [5.41, 5.74) is 1.84. The zero-order valence-corrected chi connectivity index (χ0v) is 20.2. The monoisotopic (exact) mass is 492 g/mol. The molecule has 0 spiro atoms. The van der Waals surface area contributed by atoms with Crippen LogP contribution in [0.15, 0.2) is 76.3 Å². The van der Waals surface area contributed by atoms with Crippen LogP contribution >= 0.6 is 11.6 Å². The number of anilines is 1. The quantitative estimate of drug-likeness (QED) is 0.425. The third kappa shape index (κ3) is 4.74. The van der Waals surface area contributed by atoms with E-state index < -0.39 is 17.1 Å². The molecular weight excluding hydrogens is 467 g/mol. The average molecular weight is 493 g/mol. The zero-order chi connectivity index (χ0) is 24.5. The summed E-state index contributed by atoms with van der Waals surface area (Å²) in [4.78, 5) is 32.0. The van der Waals surface area contributed by atoms with Gasteiger partial charge in [-0.1, -0.05) is 54.1 Å². The molecule has 0 radical (unpaired) electrons. The van der Waals surface area contributed by atoms with E-state index in [9.17, 15) is 14.0 Å². The van der Waals surface area contributed by atoms with Gasteiger partial charge >= 0.3 is 5.69 Å². The molecule has 1 aromatic heterocycles. The smallest absolute Gasteiger partial charge is 0.332 e. The second kappa shape index (κ2) is 9.68. The van der Waals surface area contributed by atoms with E-state index in [-0.39, 0.29) is 13.1 Å². The van der Waals surface area contributed by atoms with Crippen molar-refractivity contribution in [1.29, 1.82) is 0 Å². The summed E-state index contributed by atoms with van der Waals surface area (Å²) in [5, 5.41) is 0.917. The number of fused-ring (bicyclic) bond motifs is 1. The number of rotatable bonds is 5. The van der Waals surface area contributed by atoms with Crippen molar-refractivity contribution in [3.05, 3.63) is 110 Å². The number of nitrogens with zero attached hydrogens (tertiary/aromatic N) is 4. The molecular formula is C27H26ClFN4O2. The maximum Gasteiger partial charge on any atom is 0.332 e. The molecule has 5 rings (SSSR count). The van der Waals surface area contributed by atoms with Crippen LogP contribution in [-0.2, 0) is 13.1 Å². The van der Waals surface area contributed by atoms with Crippen LogP contribution in [0.1, 0.15) is 11.1 Å². The Morgan fingerprint density at radius 1 is 0.829 bits per heavy atom. The van der Waals surface area contributed by atoms with Gasteiger partial charge in [0.05, 0.1) is 29.7 Å². The lowest BCUT2D eigenvalue weighted by Gasteiger charge is -2.34. The van der Waals surface area contributed by atoms with Gasteiger partial charge in [0.15, 0.2) is 0 Å². The number of hydrogen-bond acceptors (Lipinski definition) is 4. The summed E-state index contributed by atoms with van der Waals surface area (Å²) in [6, 6.07) is 19.1. The largest absolute Gasteiger partial charge is 0.368 e. The van der Waals surface area contributed by atoms with Crippen molar-refractivity contribution < 1.29 is 4.39 Å². The van der Waals surface area contributed by atoms with E-state index in [1.807, 2.05) is 30.3 Å². The molecule has 0 N–H and O–H groups in total. The summed E-state index contributed by atoms with van der Waals surface area (Å²) >= 11 is 6.54. The molecule has 35 heavy (non-hydrogen) atoms. The van der Waals surface area contributed by atoms with Crippen LogP contribution < -0.4 is 16.1 Å². The molecule has 6 nitrogen and oxygen atoms in total. The van der Waals surface area contributed by atoms with Crippen LogP contribution in [-0.4, -0.2) is 47.3 Å². The van der Waals surface area contributed by atoms with Crippen LogP contribution in [0.4, 0.5) is 10.1 Å². The highest BCUT2D eigenvalue weighted by Crippen LogP contribution is 2.29. The van der Waals surface area contributed by atoms with Gasteiger partial charge in [-0.2, -0.15) is 0 Å². The molecule has 180 valence electrons. The molecule has 0 saturated carbocycles. The molecule has 0 aliphatic carbocycles. The highest BCUT2D eigenvalue weighted by Gasteiger charge is 2.23. The molecule has 0 amide bonds. The van der Waals surface area contributed by atoms with Crippen molar-refractivity contribution >= 4 is 28.2 Å². The van der Waals surface area contributed by atoms with Crippen molar-refractivity contribution in [3.8, 4) is 0 Å². The highest BCUT2D eigenvalue weighted by molar-refractivity contribution is 6.31. The molecule has 0 atom stereocenters. The van der Waals surface area contributed by atoms with Crippen LogP contribution in [0.5, 0.6) is 0 Å². The molecule has 1 saturated heterocycles. The topological polar surface area (TPSA) is 50.5 Å². The van der Waals surface area contributed by atoms with Crippen LogP contribution in [0.2, 0.25) is 5.02 Å². The minimum Gasteiger partial charge on any atom is -0.368 e. The second-order valence-corrected chi connectivity index (χ2v) is 9.42. The minimum atomic E-state index is -0.456. The maximum atomic E-state index is 13.9. The molecule has 1 fully saturated rings. The fourth-order valence-corrected chi connectivity index (χ4v) is 4.86. The number of aromatic nitrogens is 2. The lowest BCUT2D eigenvalue weighted by Crippen LogP contribution is -2.46. The highest BCUT2D eigenvalue weighted by atomic mass is 35.5. The van der Waals surface area contributed by atoms with Gasteiger partial charge in [0, 0.05) is 31.2 Å². The van der Waals surface area contributed by atoms with E-state index >= 15 is 0 Å². The first-order chi connectivity index (χ1) is 16.9. The summed E-state index contributed by atoms with van der Waals surface area (Å²) < 4.78 is 16.7. The van der Waals surface area contributed by atoms with Crippen molar-refractivity contribution in [2.75, 3.05) is 38.1 Å². The molecule has 1 aliphatic heterocycles. The van der Waals surface area contributed by atoms with Gasteiger partial charge in [-0.05, 0) is 42.4 Å². The fraction of sp³-hybridized carbons (Fsp3) is 0.259. The molecule has 1 aliphatic rings. The predicted molar refractivity (Wildman–Crippen MR) is 138 cm³/mol. The Hall–Kier alpha value is -3.42. The Morgan fingerprint density at radius 2 is 1.51 bits per heavy atom. The maximum absolute atomic E-state index is 13.9. The third-order valence-corrected chi connectivity index (χ3v) is 6.75. The number of benzene rings is 3. The lowest BCUT2D eigenvalue weighted by molar-refractivity contribution is 0.313. The van der Waals surface area contributed by atoms with Crippen LogP contribution in [0.25, 0.3) is 10.9 Å². The Kier molecular flexibility index (Phi) is 6.45. The van der Waals surface area contributed by atoms with Crippen molar-refractivity contribution in [1.82, 2.24) is 14.0 Å². The van der Waals surface area contributed by atoms with Gasteiger partial charge < -0.3 is 9.80 Å². The molecule has 4 aromatic rings. The van der Waals surface area contributed by atoms with Gasteiger partial charge in [-0.15, -0.1) is 0 Å². The summed E-state index contributed by atoms with van der Waals surface area (Å²) in [6.07, 6.45) is 0. The van der Waals surface area contributed by atoms with Crippen molar-refractivity contribution in [3.63, 3.8) is 0 Å². The van der Waals surface area contributed by atoms with E-state index in [0.717, 1.165) is 37.4 Å². The van der Waals surface area contributed by atoms with E-state index in [0.29, 0.717) is 21.5 Å². The molecule has 2 heterocycles. The molecule has 0 bridgehead atoms. The lowest BCUT2D eigenvalue weighted by atomic mass is 10.1. The molecule has 0 unspecified atom stereocenters. The summed E-state index contributed by atoms with van der Waals surface area (Å²) in [7, 11) is 2.07. The fourth-order valence-electron chi connectivity index (χ4n) is 4.65. The Morgan fingerprint density at radius 3 is 2.23 bits per heavy atom. The summed E-state index contributed by atoms with van der Waals surface area (Å²) in [6.45, 7) is 3.46. The standard InChI is InChI=1S/C27H26ClFN4O2/c1-30-10-12-31(13-11-30)23-15-21(28)16-24-25(23)26(34)33(18-20-8-5-9-22(29)14-20)27(35)32(24)17-19-6-3-2-4-7-19/h2-9,14-16H,10-13,17-18H2,1H3. The number of likely N-dealkylation sites (N-methyl/N-ethyl adjacent to an activating group) is 1. The third-order valence-electron chi connectivity index (χ3n) is 6.53. The van der Waals surface area contributed by atoms with Gasteiger partial charge in [0.2, 0.25) is 0 Å². The van der Waals surface area contributed by atoms with E-state index in [1.54, 1.807) is 28.8 Å². The SMILES string of the molecule is CN1CCN(c2cc(Cl)cc3c2c(=O)n(Cc2cccc(F)c2)c(=O)n3Cc2ccccc2)CC1. The first kappa shape index (κ1) is 23.3. The van der Waals surface area contributed by atoms with Crippen LogP contribution in [0, 0.1) is 5.82 Å². The van der Waals surface area contributed by atoms with Crippen molar-refractivity contribution in [2.24, 2.45) is 0 Å². The number of piperazine rings is 1. The second-order valence-electron chi connectivity index (χ2n) is 8.98. The minimum absolute atomic E-state index is 0.0229. The van der Waals surface area contributed by atoms with E-state index in [2.05, 4.69) is 16.8 Å². The average Bonchev–Trinajstić information content (AvgIpc) is 2.85. The van der Waals surface area contributed by atoms with E-state index in [4.69, 9.17) is 11.6 Å². The van der Waals surface area contributed by atoms with Gasteiger partial charge in [-0.3, -0.25) is 13.9 Å². The van der Waals surface area contributed by atoms with E-state index in [1.165, 1.54) is 16.7 Å². The first-order valence-electron chi connectivity index (χ1n) is 11.6.